The molecule has 2 unspecified atom stereocenters. The van der Waals surface area contributed by atoms with Gasteiger partial charge in [-0.15, -0.1) is 0 Å². The van der Waals surface area contributed by atoms with E-state index in [-0.39, 0.29) is 0 Å². The van der Waals surface area contributed by atoms with Crippen LogP contribution in [0.4, 0.5) is 5.82 Å². The molecule has 0 amide bonds. The molecule has 1 fully saturated rings. The summed E-state index contributed by atoms with van der Waals surface area (Å²) in [5, 5.41) is 4.70. The van der Waals surface area contributed by atoms with Crippen molar-refractivity contribution in [1.82, 2.24) is 15.3 Å². The molecule has 4 nitrogen and oxygen atoms in total. The van der Waals surface area contributed by atoms with E-state index < -0.39 is 0 Å². The van der Waals surface area contributed by atoms with E-state index in [0.717, 1.165) is 31.1 Å². The molecule has 2 rings (SSSR count). The molecule has 1 aliphatic rings. The lowest BCUT2D eigenvalue weighted by atomic mass is 10.3. The van der Waals surface area contributed by atoms with Crippen LogP contribution in [0.1, 0.15) is 33.4 Å². The summed E-state index contributed by atoms with van der Waals surface area (Å²) in [5.74, 6) is 1.02. The van der Waals surface area contributed by atoms with Crippen LogP contribution in [0, 0.1) is 0 Å². The number of rotatable bonds is 4. The Labute approximate surface area is 120 Å². The number of hydrogen-bond acceptors (Lipinski definition) is 5. The summed E-state index contributed by atoms with van der Waals surface area (Å²) in [5.41, 5.74) is 1.02. The summed E-state index contributed by atoms with van der Waals surface area (Å²) in [4.78, 5) is 11.4. The monoisotopic (exact) mass is 280 g/mol. The highest BCUT2D eigenvalue weighted by Gasteiger charge is 2.23. The molecular formula is C14H24N4S. The Balaban J connectivity index is 2.05. The van der Waals surface area contributed by atoms with Gasteiger partial charge in [0.2, 0.25) is 0 Å². The third-order valence-corrected chi connectivity index (χ3v) is 4.33. The van der Waals surface area contributed by atoms with E-state index in [1.54, 1.807) is 0 Å². The van der Waals surface area contributed by atoms with Crippen LogP contribution in [0.5, 0.6) is 0 Å². The fraction of sp³-hybridized carbons (Fsp3) is 0.714. The van der Waals surface area contributed by atoms with E-state index in [1.807, 2.05) is 12.4 Å². The minimum atomic E-state index is 0.469. The maximum Gasteiger partial charge on any atom is 0.147 e. The van der Waals surface area contributed by atoms with E-state index in [1.165, 1.54) is 0 Å². The topological polar surface area (TPSA) is 41.1 Å². The summed E-state index contributed by atoms with van der Waals surface area (Å²) >= 11 is 2.06. The lowest BCUT2D eigenvalue weighted by Gasteiger charge is -2.35. The molecular weight excluding hydrogens is 256 g/mol. The molecule has 19 heavy (non-hydrogen) atoms. The van der Waals surface area contributed by atoms with Gasteiger partial charge in [0, 0.05) is 42.4 Å². The maximum atomic E-state index is 4.73. The van der Waals surface area contributed by atoms with E-state index in [4.69, 9.17) is 4.98 Å². The highest BCUT2D eigenvalue weighted by Crippen LogP contribution is 2.27. The molecule has 2 atom stereocenters. The molecule has 0 spiro atoms. The smallest absolute Gasteiger partial charge is 0.147 e. The average Bonchev–Trinajstić information content (AvgIpc) is 2.35. The van der Waals surface area contributed by atoms with E-state index in [0.29, 0.717) is 16.5 Å². The van der Waals surface area contributed by atoms with Crippen LogP contribution in [-0.4, -0.2) is 39.6 Å². The van der Waals surface area contributed by atoms with Crippen molar-refractivity contribution >= 4 is 17.6 Å². The Bertz CT molecular complexity index is 400. The lowest BCUT2D eigenvalue weighted by molar-refractivity contribution is 0.579. The van der Waals surface area contributed by atoms with Crippen molar-refractivity contribution in [1.29, 1.82) is 0 Å². The molecule has 106 valence electrons. The molecule has 0 radical (unpaired) electrons. The largest absolute Gasteiger partial charge is 0.353 e. The number of nitrogens with zero attached hydrogens (tertiary/aromatic N) is 3. The number of hydrogen-bond donors (Lipinski definition) is 1. The Morgan fingerprint density at radius 3 is 2.63 bits per heavy atom. The van der Waals surface area contributed by atoms with Crippen LogP contribution >= 0.6 is 11.8 Å². The van der Waals surface area contributed by atoms with E-state index in [9.17, 15) is 0 Å². The van der Waals surface area contributed by atoms with Crippen LogP contribution in [0.2, 0.25) is 0 Å². The maximum absolute atomic E-state index is 4.73. The van der Waals surface area contributed by atoms with Gasteiger partial charge in [0.15, 0.2) is 0 Å². The van der Waals surface area contributed by atoms with Crippen LogP contribution < -0.4 is 10.2 Å². The third kappa shape index (κ3) is 4.35. The summed E-state index contributed by atoms with van der Waals surface area (Å²) in [7, 11) is 0. The van der Waals surface area contributed by atoms with Gasteiger partial charge in [-0.3, -0.25) is 4.98 Å². The summed E-state index contributed by atoms with van der Waals surface area (Å²) < 4.78 is 0. The summed E-state index contributed by atoms with van der Waals surface area (Å²) in [6.45, 7) is 11.8. The molecule has 5 heteroatoms. The Hall–Kier alpha value is -0.810. The summed E-state index contributed by atoms with van der Waals surface area (Å²) in [6, 6.07) is 0.469. The Kier molecular flexibility index (Phi) is 5.05. The van der Waals surface area contributed by atoms with Crippen molar-refractivity contribution in [2.45, 2.75) is 50.8 Å². The van der Waals surface area contributed by atoms with Crippen molar-refractivity contribution < 1.29 is 0 Å². The Morgan fingerprint density at radius 2 is 2.00 bits per heavy atom. The normalized spacial score (nSPS) is 23.9. The predicted octanol–water partition coefficient (Wildman–Crippen LogP) is 2.30. The van der Waals surface area contributed by atoms with E-state index in [2.05, 4.69) is 54.7 Å². The molecule has 1 N–H and O–H groups in total. The van der Waals surface area contributed by atoms with Gasteiger partial charge < -0.3 is 10.2 Å². The molecule has 0 aliphatic carbocycles. The standard InChI is InChI=1S/C14H24N4S/c1-10(2)16-6-13-5-15-7-14(17-13)18-8-11(3)19-12(4)9-18/h5,7,10-12,16H,6,8-9H2,1-4H3. The Morgan fingerprint density at radius 1 is 1.32 bits per heavy atom. The SMILES string of the molecule is CC(C)NCc1cncc(N2CC(C)SC(C)C2)n1. The van der Waals surface area contributed by atoms with Crippen molar-refractivity contribution in [2.75, 3.05) is 18.0 Å². The molecule has 1 saturated heterocycles. The molecule has 1 aromatic rings. The first-order valence-corrected chi connectivity index (χ1v) is 7.93. The predicted molar refractivity (Wildman–Crippen MR) is 82.7 cm³/mol. The highest BCUT2D eigenvalue weighted by molar-refractivity contribution is 8.00. The van der Waals surface area contributed by atoms with Crippen LogP contribution in [-0.2, 0) is 6.54 Å². The average molecular weight is 280 g/mol. The van der Waals surface area contributed by atoms with Crippen LogP contribution in [0.15, 0.2) is 12.4 Å². The molecule has 1 aromatic heterocycles. The fourth-order valence-electron chi connectivity index (χ4n) is 2.31. The van der Waals surface area contributed by atoms with Crippen LogP contribution in [0.25, 0.3) is 0 Å². The van der Waals surface area contributed by atoms with Gasteiger partial charge in [0.05, 0.1) is 11.9 Å². The van der Waals surface area contributed by atoms with Crippen molar-refractivity contribution in [3.8, 4) is 0 Å². The van der Waals surface area contributed by atoms with Gasteiger partial charge in [-0.05, 0) is 0 Å². The zero-order valence-electron chi connectivity index (χ0n) is 12.3. The minimum Gasteiger partial charge on any atom is -0.353 e. The number of anilines is 1. The van der Waals surface area contributed by atoms with Gasteiger partial charge in [-0.2, -0.15) is 11.8 Å². The second kappa shape index (κ2) is 6.57. The third-order valence-electron chi connectivity index (χ3n) is 3.11. The number of thioether (sulfide) groups is 1. The first kappa shape index (κ1) is 14.6. The van der Waals surface area contributed by atoms with Gasteiger partial charge in [0.1, 0.15) is 5.82 Å². The minimum absolute atomic E-state index is 0.469. The molecule has 1 aliphatic heterocycles. The second-order valence-electron chi connectivity index (χ2n) is 5.57. The van der Waals surface area contributed by atoms with Gasteiger partial charge in [-0.1, -0.05) is 27.7 Å². The fourth-order valence-corrected chi connectivity index (χ4v) is 3.63. The summed E-state index contributed by atoms with van der Waals surface area (Å²) in [6.07, 6.45) is 3.73. The van der Waals surface area contributed by atoms with Crippen molar-refractivity contribution in [3.63, 3.8) is 0 Å². The zero-order chi connectivity index (χ0) is 13.8. The first-order chi connectivity index (χ1) is 9.04. The van der Waals surface area contributed by atoms with E-state index >= 15 is 0 Å². The van der Waals surface area contributed by atoms with Gasteiger partial charge in [0.25, 0.3) is 0 Å². The second-order valence-corrected chi connectivity index (χ2v) is 7.45. The number of nitrogens with one attached hydrogen (secondary N) is 1. The van der Waals surface area contributed by atoms with Gasteiger partial charge in [-0.25, -0.2) is 4.98 Å². The van der Waals surface area contributed by atoms with Crippen molar-refractivity contribution in [3.05, 3.63) is 18.1 Å². The van der Waals surface area contributed by atoms with Gasteiger partial charge >= 0.3 is 0 Å². The first-order valence-electron chi connectivity index (χ1n) is 6.99. The molecule has 2 heterocycles. The highest BCUT2D eigenvalue weighted by atomic mass is 32.2. The molecule has 0 saturated carbocycles. The van der Waals surface area contributed by atoms with Crippen LogP contribution in [0.3, 0.4) is 0 Å². The lowest BCUT2D eigenvalue weighted by Crippen LogP contribution is -2.41. The number of aromatic nitrogens is 2. The zero-order valence-corrected chi connectivity index (χ0v) is 13.1. The molecule has 0 aromatic carbocycles. The van der Waals surface area contributed by atoms with Crippen molar-refractivity contribution in [2.24, 2.45) is 0 Å². The quantitative estimate of drug-likeness (QED) is 0.916. The molecule has 0 bridgehead atoms.